The molecule has 0 spiro atoms. The van der Waals surface area contributed by atoms with Crippen LogP contribution < -0.4 is 70.0 Å². The third kappa shape index (κ3) is 14.6. The Hall–Kier alpha value is -1.06. The molecule has 0 radical (unpaired) electrons. The van der Waals surface area contributed by atoms with Gasteiger partial charge in [-0.3, -0.25) is 14.4 Å². The normalized spacial score (nSPS) is 11.3. The van der Waals surface area contributed by atoms with Crippen molar-refractivity contribution >= 4 is 28.3 Å². The van der Waals surface area contributed by atoms with E-state index >= 15 is 0 Å². The van der Waals surface area contributed by atoms with Gasteiger partial charge >= 0.3 is 59.1 Å². The molecule has 3 aromatic rings. The first-order valence-corrected chi connectivity index (χ1v) is 9.23. The molecule has 1 saturated heterocycles. The number of benzene rings is 2. The molecule has 1 fully saturated rings. The first-order chi connectivity index (χ1) is 13.7. The van der Waals surface area contributed by atoms with E-state index in [9.17, 15) is 4.79 Å². The van der Waals surface area contributed by atoms with E-state index < -0.39 is 11.4 Å². The van der Waals surface area contributed by atoms with Crippen molar-refractivity contribution in [2.75, 3.05) is 6.54 Å². The van der Waals surface area contributed by atoms with Crippen LogP contribution >= 0.6 is 0 Å². The fraction of sp³-hybridized carbons (Fsp3) is 0.235. The third-order valence-electron chi connectivity index (χ3n) is 3.36. The molecule has 0 unspecified atom stereocenters. The molecular formula is C17H21N5Na2O6S. The van der Waals surface area contributed by atoms with Crippen LogP contribution in [0.5, 0.6) is 11.5 Å². The zero-order chi connectivity index (χ0) is 21.8. The molecule has 14 heteroatoms. The summed E-state index contributed by atoms with van der Waals surface area (Å²) in [5, 5.41) is 28.2. The van der Waals surface area contributed by atoms with E-state index in [4.69, 9.17) is 23.5 Å². The molecular weight excluding hydrogens is 448 g/mol. The first-order valence-electron chi connectivity index (χ1n) is 8.23. The molecule has 1 amide bonds. The molecule has 2 aromatic carbocycles. The van der Waals surface area contributed by atoms with Gasteiger partial charge in [0.1, 0.15) is 22.5 Å². The Morgan fingerprint density at radius 2 is 1.61 bits per heavy atom. The Kier molecular flexibility index (Phi) is 18.1. The van der Waals surface area contributed by atoms with Gasteiger partial charge in [0, 0.05) is 13.0 Å². The van der Waals surface area contributed by atoms with Crippen molar-refractivity contribution in [3.63, 3.8) is 0 Å². The van der Waals surface area contributed by atoms with Crippen molar-refractivity contribution in [1.82, 2.24) is 26.3 Å². The van der Waals surface area contributed by atoms with Gasteiger partial charge in [0.25, 0.3) is 0 Å². The maximum Gasteiger partial charge on any atom is 1.00 e. The van der Waals surface area contributed by atoms with Crippen LogP contribution in [0.1, 0.15) is 17.5 Å². The second-order valence-electron chi connectivity index (χ2n) is 5.72. The molecule has 1 aliphatic heterocycles. The van der Waals surface area contributed by atoms with Crippen LogP contribution in [0, 0.1) is 13.8 Å². The first kappa shape index (κ1) is 32.1. The summed E-state index contributed by atoms with van der Waals surface area (Å²) in [4.78, 5) is 10.1. The van der Waals surface area contributed by atoms with E-state index in [-0.39, 0.29) is 76.5 Å². The zero-order valence-electron chi connectivity index (χ0n) is 17.7. The minimum atomic E-state index is -3.11. The van der Waals surface area contributed by atoms with Gasteiger partial charge in [0.15, 0.2) is 0 Å². The van der Waals surface area contributed by atoms with Crippen LogP contribution in [0.25, 0.3) is 11.0 Å². The SMILES string of the molecule is Cc1cc(O)ccc1O.Cc1ccc2n[nH]nc2c1.O=C1CCNN1.O=S([O-])[O-].[Na+].[Na+]. The number of aryl methyl sites for hydroxylation is 2. The fourth-order valence-electron chi connectivity index (χ4n) is 1.99. The topological polar surface area (TPSA) is 186 Å². The van der Waals surface area contributed by atoms with Crippen molar-refractivity contribution in [3.8, 4) is 11.5 Å². The van der Waals surface area contributed by atoms with Crippen LogP contribution in [0.4, 0.5) is 0 Å². The van der Waals surface area contributed by atoms with Gasteiger partial charge < -0.3 is 19.3 Å². The Bertz CT molecular complexity index is 948. The third-order valence-corrected chi connectivity index (χ3v) is 3.36. The second kappa shape index (κ2) is 17.5. The van der Waals surface area contributed by atoms with Gasteiger partial charge in [-0.15, -0.1) is 11.4 Å². The summed E-state index contributed by atoms with van der Waals surface area (Å²) in [6, 6.07) is 10.4. The number of phenolic OH excluding ortho intramolecular Hbond substituents is 2. The number of aromatic nitrogens is 3. The molecule has 158 valence electrons. The van der Waals surface area contributed by atoms with E-state index in [1.165, 1.54) is 23.8 Å². The number of hydrogen-bond acceptors (Lipinski definition) is 9. The molecule has 5 N–H and O–H groups in total. The number of fused-ring (bicyclic) bond motifs is 1. The number of amides is 1. The molecule has 0 bridgehead atoms. The molecule has 31 heavy (non-hydrogen) atoms. The Morgan fingerprint density at radius 3 is 2.06 bits per heavy atom. The van der Waals surface area contributed by atoms with E-state index in [1.54, 1.807) is 6.92 Å². The van der Waals surface area contributed by atoms with Crippen molar-refractivity contribution in [3.05, 3.63) is 47.5 Å². The molecule has 2 heterocycles. The van der Waals surface area contributed by atoms with E-state index in [0.717, 1.165) is 17.6 Å². The molecule has 0 saturated carbocycles. The monoisotopic (exact) mass is 469 g/mol. The van der Waals surface area contributed by atoms with Gasteiger partial charge in [-0.1, -0.05) is 6.07 Å². The average Bonchev–Trinajstić information content (AvgIpc) is 3.30. The Morgan fingerprint density at radius 1 is 1.00 bits per heavy atom. The fourth-order valence-corrected chi connectivity index (χ4v) is 1.99. The summed E-state index contributed by atoms with van der Waals surface area (Å²) >= 11 is -3.11. The molecule has 1 aromatic heterocycles. The second-order valence-corrected chi connectivity index (χ2v) is 6.12. The molecule has 1 aliphatic rings. The largest absolute Gasteiger partial charge is 1.00 e. The number of carbonyl (C=O) groups excluding carboxylic acids is 1. The van der Waals surface area contributed by atoms with Crippen LogP contribution in [-0.4, -0.2) is 51.4 Å². The smallest absolute Gasteiger partial charge is 0.784 e. The van der Waals surface area contributed by atoms with Gasteiger partial charge in [0.2, 0.25) is 5.91 Å². The number of H-pyrrole nitrogens is 1. The predicted octanol–water partition coefficient (Wildman–Crippen LogP) is -5.31. The predicted molar refractivity (Wildman–Crippen MR) is 104 cm³/mol. The number of nitrogens with one attached hydrogen (secondary N) is 3. The van der Waals surface area contributed by atoms with Gasteiger partial charge in [-0.05, 0) is 55.3 Å². The van der Waals surface area contributed by atoms with Crippen LogP contribution in [-0.2, 0) is 16.2 Å². The van der Waals surface area contributed by atoms with Gasteiger partial charge in [-0.25, -0.2) is 5.43 Å². The van der Waals surface area contributed by atoms with Crippen LogP contribution in [0.15, 0.2) is 36.4 Å². The van der Waals surface area contributed by atoms with Crippen molar-refractivity contribution in [2.24, 2.45) is 0 Å². The maximum absolute atomic E-state index is 10.1. The number of nitrogens with zero attached hydrogens (tertiary/aromatic N) is 2. The van der Waals surface area contributed by atoms with Gasteiger partial charge in [0.05, 0.1) is 0 Å². The summed E-state index contributed by atoms with van der Waals surface area (Å²) in [6.07, 6.45) is 0.625. The van der Waals surface area contributed by atoms with Crippen molar-refractivity contribution < 1.29 is 87.4 Å². The summed E-state index contributed by atoms with van der Waals surface area (Å²) in [7, 11) is 0. The summed E-state index contributed by atoms with van der Waals surface area (Å²) in [5.41, 5.74) is 8.85. The number of hydrogen-bond donors (Lipinski definition) is 5. The van der Waals surface area contributed by atoms with Gasteiger partial charge in [-0.2, -0.15) is 15.4 Å². The quantitative estimate of drug-likeness (QED) is 0.122. The molecule has 4 rings (SSSR count). The molecule has 0 atom stereocenters. The summed E-state index contributed by atoms with van der Waals surface area (Å²) in [6.45, 7) is 4.54. The van der Waals surface area contributed by atoms with Crippen LogP contribution in [0.2, 0.25) is 0 Å². The van der Waals surface area contributed by atoms with E-state index in [0.29, 0.717) is 12.0 Å². The number of hydrazine groups is 1. The Balaban J connectivity index is 0. The number of carbonyl (C=O) groups is 1. The van der Waals surface area contributed by atoms with E-state index in [2.05, 4.69) is 26.3 Å². The number of aromatic amines is 1. The minimum absolute atomic E-state index is 0. The molecule has 11 nitrogen and oxygen atoms in total. The number of rotatable bonds is 0. The zero-order valence-corrected chi connectivity index (χ0v) is 22.5. The van der Waals surface area contributed by atoms with E-state index in [1.807, 2.05) is 25.1 Å². The summed E-state index contributed by atoms with van der Waals surface area (Å²) < 4.78 is 25.3. The minimum Gasteiger partial charge on any atom is -0.784 e. The standard InChI is InChI=1S/C7H7N3.C7H8O2.C3H6N2O.2Na.H2O3S/c1-5-2-3-6-7(4-5)9-10-8-6;1-5-4-6(8)2-3-7(5)9;6-3-1-2-4-5-3;;;1-4(2)3/h2-4H,1H3,(H,8,9,10);2-4,8-9H,1H3;4H,1-2H2,(H,5,6);;;(H2,1,2,3)/q;;;2*+1;/p-2. The number of phenols is 2. The molecule has 0 aliphatic carbocycles. The number of aromatic hydroxyl groups is 2. The Labute approximate surface area is 226 Å². The van der Waals surface area contributed by atoms with Crippen molar-refractivity contribution in [2.45, 2.75) is 20.3 Å². The maximum atomic E-state index is 10.1. The summed E-state index contributed by atoms with van der Waals surface area (Å²) in [5.74, 6) is 0.494. The van der Waals surface area contributed by atoms with Crippen molar-refractivity contribution in [1.29, 1.82) is 0 Å². The van der Waals surface area contributed by atoms with Crippen LogP contribution in [0.3, 0.4) is 0 Å². The average molecular weight is 469 g/mol.